The molecule has 2 rings (SSSR count). The Balaban J connectivity index is 2.82. The van der Waals surface area contributed by atoms with Gasteiger partial charge < -0.3 is 0 Å². The van der Waals surface area contributed by atoms with Crippen LogP contribution < -0.4 is 0 Å². The molecule has 0 unspecified atom stereocenters. The predicted octanol–water partition coefficient (Wildman–Crippen LogP) is 3.96. The molecule has 0 saturated heterocycles. The molecule has 3 heteroatoms. The molecule has 0 radical (unpaired) electrons. The molecule has 0 saturated carbocycles. The molecular weight excluding hydrogens is 264 g/mol. The van der Waals surface area contributed by atoms with Gasteiger partial charge in [-0.1, -0.05) is 42.5 Å². The van der Waals surface area contributed by atoms with Crippen molar-refractivity contribution in [1.82, 2.24) is 0 Å². The first-order chi connectivity index (χ1) is 9.93. The van der Waals surface area contributed by atoms with Crippen molar-refractivity contribution < 1.29 is 14.4 Å². The fraction of sp³-hybridized carbons (Fsp3) is 0.167. The van der Waals surface area contributed by atoms with E-state index in [9.17, 15) is 14.4 Å². The molecule has 0 fully saturated rings. The van der Waals surface area contributed by atoms with Gasteiger partial charge in [-0.15, -0.1) is 0 Å². The van der Waals surface area contributed by atoms with E-state index >= 15 is 0 Å². The minimum Gasteiger partial charge on any atom is -0.294 e. The lowest BCUT2D eigenvalue weighted by atomic mass is 9.89. The summed E-state index contributed by atoms with van der Waals surface area (Å²) in [6.07, 6.45) is 0. The van der Waals surface area contributed by atoms with Crippen LogP contribution in [0.5, 0.6) is 0 Å². The molecule has 0 aliphatic rings. The summed E-state index contributed by atoms with van der Waals surface area (Å²) in [6, 6.07) is 12.2. The van der Waals surface area contributed by atoms with Gasteiger partial charge in [0.25, 0.3) is 0 Å². The highest BCUT2D eigenvalue weighted by Gasteiger charge is 2.19. The third-order valence-electron chi connectivity index (χ3n) is 3.39. The third-order valence-corrected chi connectivity index (χ3v) is 3.39. The normalized spacial score (nSPS) is 10.2. The van der Waals surface area contributed by atoms with Gasteiger partial charge >= 0.3 is 0 Å². The largest absolute Gasteiger partial charge is 0.294 e. The lowest BCUT2D eigenvalue weighted by Gasteiger charge is -2.13. The Kier molecular flexibility index (Phi) is 4.13. The Hall–Kier alpha value is -2.55. The second-order valence-electron chi connectivity index (χ2n) is 4.94. The van der Waals surface area contributed by atoms with Gasteiger partial charge in [-0.05, 0) is 31.9 Å². The van der Waals surface area contributed by atoms with Crippen molar-refractivity contribution in [2.24, 2.45) is 0 Å². The number of carbonyl (C=O) groups excluding carboxylic acids is 3. The Morgan fingerprint density at radius 3 is 1.71 bits per heavy atom. The predicted molar refractivity (Wildman–Crippen MR) is 81.9 cm³/mol. The van der Waals surface area contributed by atoms with Gasteiger partial charge in [-0.25, -0.2) is 0 Å². The minimum atomic E-state index is -0.186. The molecule has 0 heterocycles. The number of hydrogen-bond acceptors (Lipinski definition) is 3. The lowest BCUT2D eigenvalue weighted by molar-refractivity contribution is 0.0981. The van der Waals surface area contributed by atoms with Gasteiger partial charge in [0.05, 0.1) is 0 Å². The van der Waals surface area contributed by atoms with Crippen LogP contribution in [0.2, 0.25) is 0 Å². The second-order valence-corrected chi connectivity index (χ2v) is 4.94. The maximum atomic E-state index is 12.0. The fourth-order valence-corrected chi connectivity index (χ4v) is 2.47. The van der Waals surface area contributed by atoms with Crippen molar-refractivity contribution in [1.29, 1.82) is 0 Å². The van der Waals surface area contributed by atoms with E-state index in [1.807, 2.05) is 6.07 Å². The van der Waals surface area contributed by atoms with E-state index in [4.69, 9.17) is 0 Å². The smallest absolute Gasteiger partial charge is 0.161 e. The van der Waals surface area contributed by atoms with Crippen LogP contribution in [0.25, 0.3) is 11.1 Å². The SMILES string of the molecule is CC(=O)c1ccccc1-c1cccc(C(C)=O)c1C(C)=O. The quantitative estimate of drug-likeness (QED) is 0.796. The molecule has 2 aromatic rings. The van der Waals surface area contributed by atoms with Crippen LogP contribution in [0.15, 0.2) is 42.5 Å². The highest BCUT2D eigenvalue weighted by Crippen LogP contribution is 2.30. The summed E-state index contributed by atoms with van der Waals surface area (Å²) < 4.78 is 0. The number of hydrogen-bond donors (Lipinski definition) is 0. The standard InChI is InChI=1S/C18H16O3/c1-11(19)14-7-4-5-8-16(14)17-10-6-9-15(12(2)20)18(17)13(3)21/h4-10H,1-3H3. The average Bonchev–Trinajstić information content (AvgIpc) is 2.46. The summed E-state index contributed by atoms with van der Waals surface area (Å²) in [4.78, 5) is 35.6. The maximum Gasteiger partial charge on any atom is 0.161 e. The molecule has 0 aliphatic carbocycles. The van der Waals surface area contributed by atoms with Crippen LogP contribution in [-0.4, -0.2) is 17.3 Å². The van der Waals surface area contributed by atoms with Crippen molar-refractivity contribution >= 4 is 17.3 Å². The first-order valence-electron chi connectivity index (χ1n) is 6.68. The van der Waals surface area contributed by atoms with Crippen LogP contribution in [-0.2, 0) is 0 Å². The summed E-state index contributed by atoms with van der Waals surface area (Å²) >= 11 is 0. The van der Waals surface area contributed by atoms with Crippen molar-refractivity contribution in [3.05, 3.63) is 59.2 Å². The zero-order valence-corrected chi connectivity index (χ0v) is 12.3. The van der Waals surface area contributed by atoms with Crippen molar-refractivity contribution in [3.8, 4) is 11.1 Å². The van der Waals surface area contributed by atoms with Crippen LogP contribution >= 0.6 is 0 Å². The van der Waals surface area contributed by atoms with E-state index in [1.54, 1.807) is 36.4 Å². The average molecular weight is 280 g/mol. The van der Waals surface area contributed by atoms with E-state index < -0.39 is 0 Å². The maximum absolute atomic E-state index is 12.0. The van der Waals surface area contributed by atoms with Gasteiger partial charge in [0.2, 0.25) is 0 Å². The first kappa shape index (κ1) is 14.9. The van der Waals surface area contributed by atoms with E-state index in [0.29, 0.717) is 27.8 Å². The molecular formula is C18H16O3. The van der Waals surface area contributed by atoms with Crippen LogP contribution in [0, 0.1) is 0 Å². The van der Waals surface area contributed by atoms with Crippen LogP contribution in [0.1, 0.15) is 51.8 Å². The number of Topliss-reactive ketones (excluding diaryl/α,β-unsaturated/α-hetero) is 3. The number of rotatable bonds is 4. The zero-order chi connectivity index (χ0) is 15.6. The Morgan fingerprint density at radius 1 is 0.619 bits per heavy atom. The summed E-state index contributed by atoms with van der Waals surface area (Å²) in [5.74, 6) is -0.426. The van der Waals surface area contributed by atoms with E-state index in [-0.39, 0.29) is 17.3 Å². The molecule has 3 nitrogen and oxygen atoms in total. The molecule has 0 bridgehead atoms. The third kappa shape index (κ3) is 2.82. The summed E-state index contributed by atoms with van der Waals surface area (Å²) in [7, 11) is 0. The molecule has 0 N–H and O–H groups in total. The monoisotopic (exact) mass is 280 g/mol. The Labute approximate surface area is 123 Å². The second kappa shape index (κ2) is 5.83. The van der Waals surface area contributed by atoms with Gasteiger partial charge in [0.15, 0.2) is 17.3 Å². The van der Waals surface area contributed by atoms with E-state index in [1.165, 1.54) is 20.8 Å². The lowest BCUT2D eigenvalue weighted by Crippen LogP contribution is -2.07. The minimum absolute atomic E-state index is 0.0756. The van der Waals surface area contributed by atoms with Gasteiger partial charge in [0.1, 0.15) is 0 Å². The van der Waals surface area contributed by atoms with Crippen molar-refractivity contribution in [2.75, 3.05) is 0 Å². The number of carbonyl (C=O) groups is 3. The number of benzene rings is 2. The molecule has 2 aromatic carbocycles. The van der Waals surface area contributed by atoms with Crippen molar-refractivity contribution in [3.63, 3.8) is 0 Å². The molecule has 21 heavy (non-hydrogen) atoms. The molecule has 0 aromatic heterocycles. The summed E-state index contributed by atoms with van der Waals surface area (Å²) in [6.45, 7) is 4.35. The summed E-state index contributed by atoms with van der Waals surface area (Å²) in [5.41, 5.74) is 2.61. The van der Waals surface area contributed by atoms with Gasteiger partial charge in [-0.3, -0.25) is 14.4 Å². The zero-order valence-electron chi connectivity index (χ0n) is 12.3. The Morgan fingerprint density at radius 2 is 1.14 bits per heavy atom. The molecule has 0 atom stereocenters. The highest BCUT2D eigenvalue weighted by atomic mass is 16.1. The molecule has 0 amide bonds. The first-order valence-corrected chi connectivity index (χ1v) is 6.68. The van der Waals surface area contributed by atoms with E-state index in [0.717, 1.165) is 0 Å². The summed E-state index contributed by atoms with van der Waals surface area (Å²) in [5, 5.41) is 0. The van der Waals surface area contributed by atoms with Crippen LogP contribution in [0.3, 0.4) is 0 Å². The molecule has 0 spiro atoms. The van der Waals surface area contributed by atoms with Crippen molar-refractivity contribution in [2.45, 2.75) is 20.8 Å². The van der Waals surface area contributed by atoms with Gasteiger partial charge in [-0.2, -0.15) is 0 Å². The number of ketones is 3. The topological polar surface area (TPSA) is 51.2 Å². The molecule has 106 valence electrons. The molecule has 0 aliphatic heterocycles. The fourth-order valence-electron chi connectivity index (χ4n) is 2.47. The highest BCUT2D eigenvalue weighted by molar-refractivity contribution is 6.13. The Bertz CT molecular complexity index is 742. The van der Waals surface area contributed by atoms with E-state index in [2.05, 4.69) is 0 Å². The van der Waals surface area contributed by atoms with Gasteiger partial charge in [0, 0.05) is 16.7 Å². The van der Waals surface area contributed by atoms with Crippen LogP contribution in [0.4, 0.5) is 0 Å².